The summed E-state index contributed by atoms with van der Waals surface area (Å²) >= 11 is 1.39. The van der Waals surface area contributed by atoms with Gasteiger partial charge in [-0.25, -0.2) is 4.98 Å². The Balaban J connectivity index is 1.56. The number of pyridine rings is 1. The van der Waals surface area contributed by atoms with Crippen LogP contribution in [0.2, 0.25) is 0 Å². The standard InChI is InChI=1S/C20H19N5OS/c21-12-17(13-4-2-1-3-5-13)25-20(26)18-16(8-11-27-18)24-15-7-10-23-19-14(15)6-9-22-19/h1-11,17H,12,21H2,(H,25,26)(H2,22,23,24)/t17-/m1/s1. The first-order valence-electron chi connectivity index (χ1n) is 8.58. The van der Waals surface area contributed by atoms with Gasteiger partial charge in [-0.2, -0.15) is 0 Å². The maximum atomic E-state index is 12.9. The highest BCUT2D eigenvalue weighted by Crippen LogP contribution is 2.29. The smallest absolute Gasteiger partial charge is 0.264 e. The molecule has 3 heterocycles. The van der Waals surface area contributed by atoms with E-state index < -0.39 is 0 Å². The van der Waals surface area contributed by atoms with Crippen LogP contribution in [0.5, 0.6) is 0 Å². The van der Waals surface area contributed by atoms with Gasteiger partial charge >= 0.3 is 0 Å². The molecule has 0 radical (unpaired) electrons. The molecule has 0 fully saturated rings. The summed E-state index contributed by atoms with van der Waals surface area (Å²) in [5.41, 5.74) is 9.32. The van der Waals surface area contributed by atoms with E-state index in [2.05, 4.69) is 20.6 Å². The number of aromatic amines is 1. The lowest BCUT2D eigenvalue weighted by Gasteiger charge is -2.17. The van der Waals surface area contributed by atoms with E-state index in [1.807, 2.05) is 60.1 Å². The zero-order valence-corrected chi connectivity index (χ0v) is 15.3. The molecule has 0 saturated carbocycles. The molecule has 0 aliphatic heterocycles. The minimum atomic E-state index is -0.231. The third kappa shape index (κ3) is 3.55. The number of amides is 1. The molecule has 4 aromatic rings. The van der Waals surface area contributed by atoms with Crippen molar-refractivity contribution in [3.8, 4) is 0 Å². The van der Waals surface area contributed by atoms with Crippen molar-refractivity contribution in [1.82, 2.24) is 15.3 Å². The normalized spacial score (nSPS) is 12.0. The molecule has 5 N–H and O–H groups in total. The first kappa shape index (κ1) is 17.3. The number of benzene rings is 1. The number of nitrogens with two attached hydrogens (primary N) is 1. The van der Waals surface area contributed by atoms with Gasteiger partial charge in [0.05, 0.1) is 17.4 Å². The van der Waals surface area contributed by atoms with Gasteiger partial charge in [-0.05, 0) is 29.1 Å². The molecular weight excluding hydrogens is 358 g/mol. The van der Waals surface area contributed by atoms with Gasteiger partial charge in [0.15, 0.2) is 0 Å². The molecule has 7 heteroatoms. The first-order valence-corrected chi connectivity index (χ1v) is 9.46. The number of nitrogens with zero attached hydrogens (tertiary/aromatic N) is 1. The number of rotatable bonds is 6. The van der Waals surface area contributed by atoms with Crippen LogP contribution < -0.4 is 16.4 Å². The number of anilines is 2. The highest BCUT2D eigenvalue weighted by atomic mass is 32.1. The Morgan fingerprint density at radius 3 is 2.81 bits per heavy atom. The maximum absolute atomic E-state index is 12.9. The molecule has 1 atom stereocenters. The average Bonchev–Trinajstić information content (AvgIpc) is 3.36. The molecule has 4 rings (SSSR count). The van der Waals surface area contributed by atoms with Crippen molar-refractivity contribution in [2.75, 3.05) is 11.9 Å². The van der Waals surface area contributed by atoms with Gasteiger partial charge < -0.3 is 21.4 Å². The molecule has 0 bridgehead atoms. The van der Waals surface area contributed by atoms with E-state index in [4.69, 9.17) is 5.73 Å². The number of fused-ring (bicyclic) bond motifs is 1. The molecule has 1 amide bonds. The van der Waals surface area contributed by atoms with Gasteiger partial charge in [-0.15, -0.1) is 11.3 Å². The average molecular weight is 377 g/mol. The summed E-state index contributed by atoms with van der Waals surface area (Å²) in [4.78, 5) is 20.8. The molecular formula is C20H19N5OS. The highest BCUT2D eigenvalue weighted by Gasteiger charge is 2.18. The lowest BCUT2D eigenvalue weighted by molar-refractivity contribution is 0.0942. The van der Waals surface area contributed by atoms with Gasteiger partial charge in [0.2, 0.25) is 0 Å². The van der Waals surface area contributed by atoms with Crippen LogP contribution in [0, 0.1) is 0 Å². The topological polar surface area (TPSA) is 95.8 Å². The Morgan fingerprint density at radius 1 is 1.15 bits per heavy atom. The number of carbonyl (C=O) groups is 1. The summed E-state index contributed by atoms with van der Waals surface area (Å²) < 4.78 is 0. The van der Waals surface area contributed by atoms with Crippen LogP contribution in [0.3, 0.4) is 0 Å². The predicted molar refractivity (Wildman–Crippen MR) is 109 cm³/mol. The Bertz CT molecular complexity index is 1060. The minimum absolute atomic E-state index is 0.147. The summed E-state index contributed by atoms with van der Waals surface area (Å²) in [5.74, 6) is -0.147. The van der Waals surface area contributed by atoms with Crippen molar-refractivity contribution in [2.24, 2.45) is 5.73 Å². The Morgan fingerprint density at radius 2 is 2.00 bits per heavy atom. The Kier molecular flexibility index (Phi) is 4.86. The lowest BCUT2D eigenvalue weighted by Crippen LogP contribution is -2.33. The van der Waals surface area contributed by atoms with Crippen molar-refractivity contribution in [3.05, 3.63) is 76.7 Å². The molecule has 0 aliphatic rings. The lowest BCUT2D eigenvalue weighted by atomic mass is 10.1. The fourth-order valence-corrected chi connectivity index (χ4v) is 3.74. The van der Waals surface area contributed by atoms with Crippen molar-refractivity contribution < 1.29 is 4.79 Å². The molecule has 136 valence electrons. The van der Waals surface area contributed by atoms with E-state index in [0.717, 1.165) is 28.0 Å². The van der Waals surface area contributed by atoms with E-state index in [1.165, 1.54) is 11.3 Å². The van der Waals surface area contributed by atoms with Crippen LogP contribution in [0.1, 0.15) is 21.3 Å². The van der Waals surface area contributed by atoms with Crippen molar-refractivity contribution in [1.29, 1.82) is 0 Å². The second-order valence-corrected chi connectivity index (χ2v) is 6.98. The number of carbonyl (C=O) groups excluding carboxylic acids is 1. The van der Waals surface area contributed by atoms with Gasteiger partial charge in [-0.3, -0.25) is 4.79 Å². The number of H-pyrrole nitrogens is 1. The second-order valence-electron chi connectivity index (χ2n) is 6.06. The van der Waals surface area contributed by atoms with Crippen LogP contribution in [0.15, 0.2) is 66.3 Å². The molecule has 3 aromatic heterocycles. The number of thiophene rings is 1. The zero-order chi connectivity index (χ0) is 18.6. The van der Waals surface area contributed by atoms with E-state index in [1.54, 1.807) is 6.20 Å². The first-order chi connectivity index (χ1) is 13.3. The number of hydrogen-bond donors (Lipinski definition) is 4. The summed E-state index contributed by atoms with van der Waals surface area (Å²) in [5, 5.41) is 9.25. The molecule has 6 nitrogen and oxygen atoms in total. The van der Waals surface area contributed by atoms with E-state index in [-0.39, 0.29) is 11.9 Å². The third-order valence-corrected chi connectivity index (χ3v) is 5.26. The molecule has 0 unspecified atom stereocenters. The van der Waals surface area contributed by atoms with Gasteiger partial charge in [-0.1, -0.05) is 30.3 Å². The Labute approximate surface area is 160 Å². The third-order valence-electron chi connectivity index (χ3n) is 4.34. The van der Waals surface area contributed by atoms with Gasteiger partial charge in [0.25, 0.3) is 5.91 Å². The SMILES string of the molecule is NC[C@@H](NC(=O)c1sccc1Nc1ccnc2[nH]ccc12)c1ccccc1. The fourth-order valence-electron chi connectivity index (χ4n) is 2.99. The van der Waals surface area contributed by atoms with Crippen LogP contribution in [-0.2, 0) is 0 Å². The van der Waals surface area contributed by atoms with Crippen LogP contribution in [0.4, 0.5) is 11.4 Å². The highest BCUT2D eigenvalue weighted by molar-refractivity contribution is 7.12. The summed E-state index contributed by atoms with van der Waals surface area (Å²) in [6, 6.07) is 15.3. The quantitative estimate of drug-likeness (QED) is 0.411. The summed E-state index contributed by atoms with van der Waals surface area (Å²) in [7, 11) is 0. The minimum Gasteiger partial charge on any atom is -0.354 e. The fraction of sp³-hybridized carbons (Fsp3) is 0.100. The van der Waals surface area contributed by atoms with E-state index in [0.29, 0.717) is 11.4 Å². The number of aromatic nitrogens is 2. The second kappa shape index (κ2) is 7.61. The van der Waals surface area contributed by atoms with Crippen molar-refractivity contribution >= 4 is 39.7 Å². The molecule has 0 aliphatic carbocycles. The van der Waals surface area contributed by atoms with Crippen LogP contribution in [0.25, 0.3) is 11.0 Å². The number of hydrogen-bond acceptors (Lipinski definition) is 5. The summed E-state index contributed by atoms with van der Waals surface area (Å²) in [6.07, 6.45) is 3.57. The van der Waals surface area contributed by atoms with Gasteiger partial charge in [0, 0.05) is 24.3 Å². The Hall–Kier alpha value is -3.16. The van der Waals surface area contributed by atoms with Crippen molar-refractivity contribution in [2.45, 2.75) is 6.04 Å². The molecule has 0 saturated heterocycles. The largest absolute Gasteiger partial charge is 0.354 e. The molecule has 27 heavy (non-hydrogen) atoms. The van der Waals surface area contributed by atoms with E-state index >= 15 is 0 Å². The van der Waals surface area contributed by atoms with Crippen LogP contribution in [-0.4, -0.2) is 22.4 Å². The summed E-state index contributed by atoms with van der Waals surface area (Å²) in [6.45, 7) is 0.332. The number of nitrogens with one attached hydrogen (secondary N) is 3. The van der Waals surface area contributed by atoms with Gasteiger partial charge in [0.1, 0.15) is 10.5 Å². The van der Waals surface area contributed by atoms with Crippen molar-refractivity contribution in [3.63, 3.8) is 0 Å². The van der Waals surface area contributed by atoms with E-state index in [9.17, 15) is 4.79 Å². The maximum Gasteiger partial charge on any atom is 0.264 e. The monoisotopic (exact) mass is 377 g/mol. The van der Waals surface area contributed by atoms with Crippen LogP contribution >= 0.6 is 11.3 Å². The molecule has 1 aromatic carbocycles. The molecule has 0 spiro atoms. The predicted octanol–water partition coefficient (Wildman–Crippen LogP) is 3.80. The zero-order valence-electron chi connectivity index (χ0n) is 14.5.